The molecule has 2 aliphatic rings. The van der Waals surface area contributed by atoms with Gasteiger partial charge in [0.05, 0.1) is 61.7 Å². The summed E-state index contributed by atoms with van der Waals surface area (Å²) in [4.78, 5) is 69.1. The van der Waals surface area contributed by atoms with Gasteiger partial charge < -0.3 is 39.7 Å². The Morgan fingerprint density at radius 3 is 1.89 bits per heavy atom. The van der Waals surface area contributed by atoms with E-state index in [1.54, 1.807) is 43.7 Å². The summed E-state index contributed by atoms with van der Waals surface area (Å²) < 4.78 is 11.3. The molecule has 4 N–H and O–H groups in total. The van der Waals surface area contributed by atoms with Gasteiger partial charge in [-0.3, -0.25) is 19.2 Å². The maximum absolute atomic E-state index is 14.5. The molecule has 4 amide bonds. The maximum atomic E-state index is 14.5. The molecule has 18 heteroatoms. The Bertz CT molecular complexity index is 2700. The second kappa shape index (κ2) is 19.4. The van der Waals surface area contributed by atoms with E-state index in [1.165, 1.54) is 21.1 Å². The summed E-state index contributed by atoms with van der Waals surface area (Å²) in [6, 6.07) is 15.7. The number of carbonyl (C=O) groups excluding carboxylic acids is 4. The molecule has 346 valence electrons. The molecule has 6 heterocycles. The summed E-state index contributed by atoms with van der Waals surface area (Å²) in [6.45, 7) is 11.5. The van der Waals surface area contributed by atoms with E-state index in [0.29, 0.717) is 41.3 Å². The van der Waals surface area contributed by atoms with E-state index in [4.69, 9.17) is 14.0 Å². The topological polar surface area (TPSA) is 217 Å². The van der Waals surface area contributed by atoms with Crippen molar-refractivity contribution in [1.82, 2.24) is 40.7 Å². The number of nitrogens with one attached hydrogen (secondary N) is 2. The number of benzene rings is 2. The minimum Gasteiger partial charge on any atom is -0.391 e. The van der Waals surface area contributed by atoms with Crippen LogP contribution in [0.4, 0.5) is 0 Å². The molecule has 8 rings (SSSR count). The molecule has 2 aliphatic heterocycles. The third kappa shape index (κ3) is 9.59. The molecular formula is C48H54N8O8S2. The number of β-amino-alcohol motifs (C(OH)–C–C–N with tert-alkyl or cyclic N) is 2. The SMILES string of the molecule is CC[C@@H](C(=O)N1C[C@H](O)C[C@H]1C(=O)NCc1ccc(-c2scnc2Cc2c(C)noc2C(C)(C)C(=O)N2C[C@H](O)C[C@H]2C(=O)NCc2ccc(-c3scnc3C)cc2)cc1)c1cc(C)no1. The van der Waals surface area contributed by atoms with Crippen molar-refractivity contribution >= 4 is 46.3 Å². The Labute approximate surface area is 390 Å². The number of aliphatic hydroxyl groups is 2. The summed E-state index contributed by atoms with van der Waals surface area (Å²) in [5, 5.41) is 35.4. The lowest BCUT2D eigenvalue weighted by Crippen LogP contribution is -2.51. The fourth-order valence-electron chi connectivity index (χ4n) is 8.92. The zero-order valence-electron chi connectivity index (χ0n) is 37.7. The molecule has 2 saturated heterocycles. The highest BCUT2D eigenvalue weighted by molar-refractivity contribution is 7.13. The smallest absolute Gasteiger partial charge is 0.243 e. The van der Waals surface area contributed by atoms with Crippen LogP contribution < -0.4 is 10.6 Å². The fraction of sp³-hybridized carbons (Fsp3) is 0.417. The second-order valence-electron chi connectivity index (χ2n) is 17.7. The summed E-state index contributed by atoms with van der Waals surface area (Å²) in [7, 11) is 0. The Hall–Kier alpha value is -6.08. The van der Waals surface area contributed by atoms with E-state index >= 15 is 0 Å². The molecule has 0 spiro atoms. The maximum Gasteiger partial charge on any atom is 0.243 e. The molecule has 66 heavy (non-hydrogen) atoms. The monoisotopic (exact) mass is 934 g/mol. The van der Waals surface area contributed by atoms with Crippen LogP contribution in [0.2, 0.25) is 0 Å². The zero-order chi connectivity index (χ0) is 46.9. The lowest BCUT2D eigenvalue weighted by atomic mass is 9.84. The van der Waals surface area contributed by atoms with Crippen LogP contribution in [-0.2, 0) is 44.1 Å². The Kier molecular flexibility index (Phi) is 13.7. The fourth-order valence-corrected chi connectivity index (χ4v) is 10.6. The van der Waals surface area contributed by atoms with Crippen molar-refractivity contribution in [2.45, 2.75) is 116 Å². The average molecular weight is 935 g/mol. The van der Waals surface area contributed by atoms with E-state index < -0.39 is 35.6 Å². The number of aliphatic hydroxyl groups excluding tert-OH is 2. The standard InChI is InChI=1S/C48H54N8O8S2/c1-7-35(40-16-26(2)53-63-40)46(61)55-22-33(57)17-38(55)44(59)49-20-30-10-14-32(15-11-30)42-37(52-25-66-42)19-36-27(3)54-64-43(36)48(5,6)47(62)56-23-34(58)18-39(56)45(60)50-21-29-8-12-31(13-9-29)41-28(4)51-24-65-41/h8-16,24-25,33-35,38-39,57-58H,7,17-23H2,1-6H3,(H,49,59)(H,50,60)/t33-,34-,35-,38+,39+/m1/s1. The minimum absolute atomic E-state index is 0.00712. The van der Waals surface area contributed by atoms with E-state index in [9.17, 15) is 29.4 Å². The van der Waals surface area contributed by atoms with Crippen LogP contribution in [0.5, 0.6) is 0 Å². The summed E-state index contributed by atoms with van der Waals surface area (Å²) in [5.41, 5.74) is 9.73. The van der Waals surface area contributed by atoms with Crippen LogP contribution in [0.25, 0.3) is 20.9 Å². The molecule has 6 aromatic rings. The number of likely N-dealkylation sites (tertiary alicyclic amines) is 2. The Balaban J connectivity index is 0.901. The number of rotatable bonds is 15. The zero-order valence-corrected chi connectivity index (χ0v) is 39.4. The van der Waals surface area contributed by atoms with Crippen LogP contribution in [0.15, 0.2) is 74.7 Å². The molecule has 4 aromatic heterocycles. The number of hydrogen-bond donors (Lipinski definition) is 4. The van der Waals surface area contributed by atoms with Crippen molar-refractivity contribution in [3.05, 3.63) is 117 Å². The van der Waals surface area contributed by atoms with Gasteiger partial charge in [0, 0.05) is 57.1 Å². The van der Waals surface area contributed by atoms with Crippen LogP contribution in [-0.4, -0.2) is 101 Å². The minimum atomic E-state index is -1.25. The first-order valence-electron chi connectivity index (χ1n) is 22.1. The quantitative estimate of drug-likeness (QED) is 0.0968. The van der Waals surface area contributed by atoms with Gasteiger partial charge in [-0.2, -0.15) is 0 Å². The molecule has 16 nitrogen and oxygen atoms in total. The lowest BCUT2D eigenvalue weighted by Gasteiger charge is -2.31. The van der Waals surface area contributed by atoms with Gasteiger partial charge in [-0.1, -0.05) is 65.8 Å². The summed E-state index contributed by atoms with van der Waals surface area (Å²) >= 11 is 3.05. The van der Waals surface area contributed by atoms with Crippen molar-refractivity contribution < 1.29 is 38.4 Å². The molecular weight excluding hydrogens is 881 g/mol. The van der Waals surface area contributed by atoms with Gasteiger partial charge in [-0.05, 0) is 63.3 Å². The number of thiazole rings is 2. The van der Waals surface area contributed by atoms with Gasteiger partial charge in [0.1, 0.15) is 23.3 Å². The number of hydrogen-bond acceptors (Lipinski definition) is 14. The molecule has 0 radical (unpaired) electrons. The number of aromatic nitrogens is 4. The third-order valence-electron chi connectivity index (χ3n) is 12.6. The molecule has 2 fully saturated rings. The highest BCUT2D eigenvalue weighted by Crippen LogP contribution is 2.37. The predicted molar refractivity (Wildman–Crippen MR) is 247 cm³/mol. The van der Waals surface area contributed by atoms with Gasteiger partial charge in [-0.25, -0.2) is 9.97 Å². The van der Waals surface area contributed by atoms with E-state index in [0.717, 1.165) is 43.4 Å². The van der Waals surface area contributed by atoms with Gasteiger partial charge >= 0.3 is 0 Å². The van der Waals surface area contributed by atoms with Crippen LogP contribution >= 0.6 is 22.7 Å². The van der Waals surface area contributed by atoms with Crippen molar-refractivity contribution in [2.24, 2.45) is 0 Å². The molecule has 0 saturated carbocycles. The normalized spacial score (nSPS) is 19.0. The van der Waals surface area contributed by atoms with Crippen molar-refractivity contribution in [3.8, 4) is 20.9 Å². The molecule has 5 atom stereocenters. The van der Waals surface area contributed by atoms with Crippen LogP contribution in [0.3, 0.4) is 0 Å². The molecule has 2 aromatic carbocycles. The van der Waals surface area contributed by atoms with E-state index in [1.807, 2.05) is 74.8 Å². The third-order valence-corrected chi connectivity index (χ3v) is 14.5. The summed E-state index contributed by atoms with van der Waals surface area (Å²) in [5.74, 6) is -1.15. The number of nitrogens with zero attached hydrogens (tertiary/aromatic N) is 6. The van der Waals surface area contributed by atoms with Gasteiger partial charge in [-0.15, -0.1) is 22.7 Å². The largest absolute Gasteiger partial charge is 0.391 e. The first kappa shape index (κ1) is 46.4. The van der Waals surface area contributed by atoms with Crippen molar-refractivity contribution in [2.75, 3.05) is 13.1 Å². The number of amides is 4. The Morgan fingerprint density at radius 1 is 0.773 bits per heavy atom. The molecule has 0 aliphatic carbocycles. The first-order valence-corrected chi connectivity index (χ1v) is 23.8. The van der Waals surface area contributed by atoms with Gasteiger partial charge in [0.25, 0.3) is 0 Å². The van der Waals surface area contributed by atoms with Crippen LogP contribution in [0, 0.1) is 20.8 Å². The number of carbonyl (C=O) groups is 4. The molecule has 0 unspecified atom stereocenters. The Morgan fingerprint density at radius 2 is 1.33 bits per heavy atom. The van der Waals surface area contributed by atoms with E-state index in [-0.39, 0.29) is 62.6 Å². The summed E-state index contributed by atoms with van der Waals surface area (Å²) in [6.07, 6.45) is -0.652. The van der Waals surface area contributed by atoms with Crippen molar-refractivity contribution in [1.29, 1.82) is 0 Å². The van der Waals surface area contributed by atoms with Crippen LogP contribution in [0.1, 0.15) is 96.9 Å². The van der Waals surface area contributed by atoms with Crippen molar-refractivity contribution in [3.63, 3.8) is 0 Å². The average Bonchev–Trinajstić information content (AvgIpc) is 4.19. The number of aryl methyl sites for hydroxylation is 3. The molecule has 0 bridgehead atoms. The first-order chi connectivity index (χ1) is 31.6. The van der Waals surface area contributed by atoms with Gasteiger partial charge in [0.15, 0.2) is 5.76 Å². The second-order valence-corrected chi connectivity index (χ2v) is 19.4. The van der Waals surface area contributed by atoms with Gasteiger partial charge in [0.2, 0.25) is 23.6 Å². The highest BCUT2D eigenvalue weighted by atomic mass is 32.1. The van der Waals surface area contributed by atoms with E-state index in [2.05, 4.69) is 25.9 Å². The lowest BCUT2D eigenvalue weighted by molar-refractivity contribution is -0.143. The predicted octanol–water partition coefficient (Wildman–Crippen LogP) is 5.75. The highest BCUT2D eigenvalue weighted by Gasteiger charge is 2.47.